The average Bonchev–Trinajstić information content (AvgIpc) is 2.60. The molecule has 134 valence electrons. The Morgan fingerprint density at radius 2 is 1.76 bits per heavy atom. The molecule has 1 amide bonds. The molecule has 2 aromatic rings. The van der Waals surface area contributed by atoms with Gasteiger partial charge in [-0.3, -0.25) is 4.79 Å². The number of para-hydroxylation sites is 1. The third-order valence-corrected chi connectivity index (χ3v) is 4.84. The van der Waals surface area contributed by atoms with E-state index >= 15 is 0 Å². The number of carbonyl (C=O) groups is 1. The first-order valence-corrected chi connectivity index (χ1v) is 9.02. The van der Waals surface area contributed by atoms with Gasteiger partial charge in [0, 0.05) is 0 Å². The number of rotatable bonds is 7. The van der Waals surface area contributed by atoms with E-state index in [4.69, 9.17) is 4.74 Å². The fourth-order valence-corrected chi connectivity index (χ4v) is 2.96. The minimum Gasteiger partial charge on any atom is -0.484 e. The van der Waals surface area contributed by atoms with Gasteiger partial charge in [-0.15, -0.1) is 0 Å². The molecule has 0 saturated carbocycles. The summed E-state index contributed by atoms with van der Waals surface area (Å²) in [7, 11) is -4.82. The second-order valence-electron chi connectivity index (χ2n) is 5.14. The van der Waals surface area contributed by atoms with E-state index in [1.807, 2.05) is 19.1 Å². The first-order chi connectivity index (χ1) is 11.8. The van der Waals surface area contributed by atoms with Gasteiger partial charge < -0.3 is 10.1 Å². The van der Waals surface area contributed by atoms with Crippen molar-refractivity contribution in [1.82, 2.24) is 0 Å². The zero-order chi connectivity index (χ0) is 18.4. The highest BCUT2D eigenvalue weighted by Gasteiger charge is 2.29. The minimum atomic E-state index is -4.82. The molecule has 0 heterocycles. The predicted octanol–water partition coefficient (Wildman–Crippen LogP) is 3.26. The Kier molecular flexibility index (Phi) is 6.08. The summed E-state index contributed by atoms with van der Waals surface area (Å²) in [6.07, 6.45) is 0.871. The van der Waals surface area contributed by atoms with Crippen molar-refractivity contribution in [2.24, 2.45) is 0 Å². The molecule has 1 N–H and O–H groups in total. The van der Waals surface area contributed by atoms with Crippen LogP contribution in [-0.2, 0) is 21.1 Å². The Morgan fingerprint density at radius 1 is 1.12 bits per heavy atom. The molecular weight excluding hydrogens is 352 g/mol. The topological polar surface area (TPSA) is 72.5 Å². The van der Waals surface area contributed by atoms with Crippen LogP contribution in [0.15, 0.2) is 53.4 Å². The number of halogens is 2. The summed E-state index contributed by atoms with van der Waals surface area (Å²) >= 11 is 0. The van der Waals surface area contributed by atoms with Crippen LogP contribution in [-0.4, -0.2) is 26.7 Å². The number of benzene rings is 2. The number of ether oxygens (including phenoxy) is 1. The van der Waals surface area contributed by atoms with Crippen LogP contribution in [0.2, 0.25) is 0 Å². The van der Waals surface area contributed by atoms with Crippen LogP contribution < -0.4 is 10.1 Å². The van der Waals surface area contributed by atoms with E-state index in [-0.39, 0.29) is 12.3 Å². The molecule has 0 atom stereocenters. The van der Waals surface area contributed by atoms with Crippen LogP contribution in [0.1, 0.15) is 12.5 Å². The summed E-state index contributed by atoms with van der Waals surface area (Å²) in [4.78, 5) is 11.3. The molecule has 0 saturated heterocycles. The van der Waals surface area contributed by atoms with Crippen LogP contribution in [0, 0.1) is 0 Å². The molecule has 0 bridgehead atoms. The number of hydrogen-bond acceptors (Lipinski definition) is 4. The second kappa shape index (κ2) is 8.06. The van der Waals surface area contributed by atoms with Gasteiger partial charge in [-0.25, -0.2) is 8.42 Å². The van der Waals surface area contributed by atoms with Crippen LogP contribution >= 0.6 is 0 Å². The van der Waals surface area contributed by atoms with E-state index in [1.165, 1.54) is 18.2 Å². The van der Waals surface area contributed by atoms with Gasteiger partial charge in [-0.1, -0.05) is 31.2 Å². The quantitative estimate of drug-likeness (QED) is 0.813. The maximum atomic E-state index is 12.7. The number of nitrogens with one attached hydrogen (secondary N) is 1. The largest absolute Gasteiger partial charge is 0.484 e. The highest BCUT2D eigenvalue weighted by molar-refractivity contribution is 7.91. The summed E-state index contributed by atoms with van der Waals surface area (Å²) in [5.41, 5.74) is 0.903. The van der Waals surface area contributed by atoms with Crippen molar-refractivity contribution >= 4 is 21.4 Å². The van der Waals surface area contributed by atoms with Gasteiger partial charge in [0.1, 0.15) is 5.75 Å². The summed E-state index contributed by atoms with van der Waals surface area (Å²) in [6, 6.07) is 12.1. The Bertz CT molecular complexity index is 836. The van der Waals surface area contributed by atoms with Crippen molar-refractivity contribution < 1.29 is 26.7 Å². The molecule has 0 spiro atoms. The number of aryl methyl sites for hydroxylation is 1. The number of hydrogen-bond donors (Lipinski definition) is 1. The fourth-order valence-electron chi connectivity index (χ4n) is 2.07. The molecule has 0 aliphatic rings. The Hall–Kier alpha value is -2.48. The van der Waals surface area contributed by atoms with Crippen LogP contribution in [0.4, 0.5) is 14.5 Å². The van der Waals surface area contributed by atoms with Gasteiger partial charge in [-0.2, -0.15) is 8.78 Å². The molecule has 25 heavy (non-hydrogen) atoms. The predicted molar refractivity (Wildman–Crippen MR) is 89.6 cm³/mol. The van der Waals surface area contributed by atoms with Gasteiger partial charge in [-0.05, 0) is 36.2 Å². The second-order valence-corrected chi connectivity index (χ2v) is 7.02. The fraction of sp³-hybridized carbons (Fsp3) is 0.235. The van der Waals surface area contributed by atoms with Gasteiger partial charge in [0.2, 0.25) is 9.84 Å². The highest BCUT2D eigenvalue weighted by atomic mass is 32.2. The molecule has 2 aromatic carbocycles. The lowest BCUT2D eigenvalue weighted by atomic mass is 10.2. The van der Waals surface area contributed by atoms with Crippen molar-refractivity contribution in [3.8, 4) is 5.75 Å². The molecule has 0 fully saturated rings. The summed E-state index contributed by atoms with van der Waals surface area (Å²) in [6.45, 7) is 1.63. The van der Waals surface area contributed by atoms with E-state index in [0.29, 0.717) is 5.75 Å². The molecule has 8 heteroatoms. The molecule has 0 aliphatic carbocycles. The lowest BCUT2D eigenvalue weighted by molar-refractivity contribution is -0.118. The molecule has 0 aromatic heterocycles. The van der Waals surface area contributed by atoms with Crippen LogP contribution in [0.3, 0.4) is 0 Å². The summed E-state index contributed by atoms with van der Waals surface area (Å²) in [5, 5.41) is 2.29. The Balaban J connectivity index is 2.06. The molecule has 0 unspecified atom stereocenters. The van der Waals surface area contributed by atoms with Crippen molar-refractivity contribution in [3.05, 3.63) is 54.1 Å². The highest BCUT2D eigenvalue weighted by Crippen LogP contribution is 2.26. The van der Waals surface area contributed by atoms with Gasteiger partial charge >= 0.3 is 5.76 Å². The normalized spacial score (nSPS) is 11.4. The Labute approximate surface area is 144 Å². The van der Waals surface area contributed by atoms with Crippen molar-refractivity contribution in [2.75, 3.05) is 11.9 Å². The molecular formula is C17H17F2NO4S. The zero-order valence-electron chi connectivity index (χ0n) is 13.4. The maximum Gasteiger partial charge on any atom is 0.341 e. The third-order valence-electron chi connectivity index (χ3n) is 3.40. The number of alkyl halides is 2. The first-order valence-electron chi connectivity index (χ1n) is 7.47. The van der Waals surface area contributed by atoms with Crippen LogP contribution in [0.25, 0.3) is 0 Å². The molecule has 0 radical (unpaired) electrons. The van der Waals surface area contributed by atoms with Crippen LogP contribution in [0.5, 0.6) is 5.75 Å². The first kappa shape index (κ1) is 18.9. The number of amides is 1. The maximum absolute atomic E-state index is 12.7. The number of carbonyl (C=O) groups excluding carboxylic acids is 1. The smallest absolute Gasteiger partial charge is 0.341 e. The van der Waals surface area contributed by atoms with E-state index in [0.717, 1.165) is 18.1 Å². The van der Waals surface area contributed by atoms with E-state index < -0.39 is 26.4 Å². The van der Waals surface area contributed by atoms with Gasteiger partial charge in [0.25, 0.3) is 5.91 Å². The Morgan fingerprint density at radius 3 is 2.36 bits per heavy atom. The minimum absolute atomic E-state index is 0.210. The number of anilines is 1. The van der Waals surface area contributed by atoms with Crippen molar-refractivity contribution in [1.29, 1.82) is 0 Å². The summed E-state index contributed by atoms with van der Waals surface area (Å²) < 4.78 is 54.0. The van der Waals surface area contributed by atoms with Crippen molar-refractivity contribution in [3.63, 3.8) is 0 Å². The van der Waals surface area contributed by atoms with E-state index in [1.54, 1.807) is 12.1 Å². The summed E-state index contributed by atoms with van der Waals surface area (Å²) in [5.74, 6) is -3.75. The monoisotopic (exact) mass is 369 g/mol. The average molecular weight is 369 g/mol. The van der Waals surface area contributed by atoms with E-state index in [9.17, 15) is 22.0 Å². The number of sulfone groups is 1. The lowest BCUT2D eigenvalue weighted by Gasteiger charge is -2.12. The zero-order valence-corrected chi connectivity index (χ0v) is 14.2. The van der Waals surface area contributed by atoms with E-state index in [2.05, 4.69) is 5.32 Å². The lowest BCUT2D eigenvalue weighted by Crippen LogP contribution is -2.22. The third kappa shape index (κ3) is 4.76. The van der Waals surface area contributed by atoms with Gasteiger partial charge in [0.05, 0.1) is 10.6 Å². The molecule has 0 aliphatic heterocycles. The van der Waals surface area contributed by atoms with Gasteiger partial charge in [0.15, 0.2) is 6.61 Å². The molecule has 2 rings (SSSR count). The van der Waals surface area contributed by atoms with Crippen molar-refractivity contribution in [2.45, 2.75) is 24.0 Å². The molecule has 5 nitrogen and oxygen atoms in total. The SMILES string of the molecule is CCc1ccc(OCC(=O)Nc2ccccc2S(=O)(=O)C(F)F)cc1. The standard InChI is InChI=1S/C17H17F2NO4S/c1-2-12-7-9-13(10-8-12)24-11-16(21)20-14-5-3-4-6-15(14)25(22,23)17(18)19/h3-10,17H,2,11H2,1H3,(H,20,21).